The highest BCUT2D eigenvalue weighted by Gasteiger charge is 2.16. The Morgan fingerprint density at radius 1 is 1.50 bits per heavy atom. The van der Waals surface area contributed by atoms with Gasteiger partial charge in [0.25, 0.3) is 0 Å². The molecule has 1 aromatic heterocycles. The number of furan rings is 1. The zero-order valence-electron chi connectivity index (χ0n) is 13.9. The van der Waals surface area contributed by atoms with E-state index >= 15 is 0 Å². The third kappa shape index (κ3) is 5.72. The van der Waals surface area contributed by atoms with Gasteiger partial charge in [-0.1, -0.05) is 13.3 Å². The Morgan fingerprint density at radius 3 is 3.09 bits per heavy atom. The molecule has 0 amide bonds. The predicted molar refractivity (Wildman–Crippen MR) is 89.2 cm³/mol. The summed E-state index contributed by atoms with van der Waals surface area (Å²) in [6.45, 7) is 6.66. The third-order valence-corrected chi connectivity index (χ3v) is 3.97. The monoisotopic (exact) mass is 307 g/mol. The van der Waals surface area contributed by atoms with Crippen molar-refractivity contribution in [1.29, 1.82) is 0 Å². The molecule has 0 aliphatic carbocycles. The van der Waals surface area contributed by atoms with Crippen LogP contribution in [0.3, 0.4) is 0 Å². The minimum Gasteiger partial charge on any atom is -0.469 e. The Morgan fingerprint density at radius 2 is 2.41 bits per heavy atom. The van der Waals surface area contributed by atoms with Crippen LogP contribution in [-0.2, 0) is 11.2 Å². The van der Waals surface area contributed by atoms with Crippen LogP contribution >= 0.6 is 0 Å². The number of nitrogens with zero attached hydrogens (tertiary/aromatic N) is 2. The lowest BCUT2D eigenvalue weighted by Crippen LogP contribution is -2.40. The lowest BCUT2D eigenvalue weighted by Gasteiger charge is -2.22. The fraction of sp³-hybridized carbons (Fsp3) is 0.706. The molecule has 0 radical (unpaired) electrons. The molecule has 0 aromatic carbocycles. The van der Waals surface area contributed by atoms with Crippen LogP contribution in [0.2, 0.25) is 0 Å². The summed E-state index contributed by atoms with van der Waals surface area (Å²) in [5.74, 6) is 2.57. The Hall–Kier alpha value is -1.49. The summed E-state index contributed by atoms with van der Waals surface area (Å²) in [5, 5.41) is 3.47. The van der Waals surface area contributed by atoms with Crippen molar-refractivity contribution < 1.29 is 9.15 Å². The third-order valence-electron chi connectivity index (χ3n) is 3.97. The van der Waals surface area contributed by atoms with Gasteiger partial charge in [0, 0.05) is 45.6 Å². The molecule has 2 rings (SSSR count). The van der Waals surface area contributed by atoms with Crippen LogP contribution in [0.5, 0.6) is 0 Å². The number of hydrogen-bond acceptors (Lipinski definition) is 3. The van der Waals surface area contributed by atoms with Gasteiger partial charge in [0.05, 0.1) is 12.9 Å². The number of nitrogens with one attached hydrogen (secondary N) is 1. The molecule has 1 aliphatic heterocycles. The Balaban J connectivity index is 1.83. The second-order valence-corrected chi connectivity index (χ2v) is 5.93. The van der Waals surface area contributed by atoms with Crippen molar-refractivity contribution in [3.05, 3.63) is 24.2 Å². The molecule has 1 fully saturated rings. The van der Waals surface area contributed by atoms with Crippen LogP contribution in [0.25, 0.3) is 0 Å². The lowest BCUT2D eigenvalue weighted by molar-refractivity contribution is 0.187. The van der Waals surface area contributed by atoms with Gasteiger partial charge in [-0.05, 0) is 25.0 Å². The van der Waals surface area contributed by atoms with Crippen molar-refractivity contribution in [2.45, 2.75) is 32.6 Å². The molecule has 2 heterocycles. The molecule has 0 saturated carbocycles. The normalized spacial score (nSPS) is 18.6. The largest absolute Gasteiger partial charge is 0.469 e. The maximum absolute atomic E-state index is 5.43. The summed E-state index contributed by atoms with van der Waals surface area (Å²) >= 11 is 0. The molecule has 1 aliphatic rings. The van der Waals surface area contributed by atoms with Crippen LogP contribution in [0, 0.1) is 5.92 Å². The fourth-order valence-electron chi connectivity index (χ4n) is 2.51. The van der Waals surface area contributed by atoms with Gasteiger partial charge in [0.2, 0.25) is 0 Å². The van der Waals surface area contributed by atoms with Gasteiger partial charge in [0.15, 0.2) is 5.96 Å². The molecular formula is C17H29N3O2. The summed E-state index contributed by atoms with van der Waals surface area (Å²) in [5.41, 5.74) is 0. The highest BCUT2D eigenvalue weighted by atomic mass is 16.5. The Labute approximate surface area is 133 Å². The number of hydrogen-bond donors (Lipinski definition) is 1. The van der Waals surface area contributed by atoms with E-state index in [-0.39, 0.29) is 0 Å². The number of guanidine groups is 1. The van der Waals surface area contributed by atoms with E-state index in [2.05, 4.69) is 24.2 Å². The standard InChI is InChI=1S/C17H29N3O2/c1-3-4-10-20(2)17(19-13-15-8-12-21-14-15)18-9-7-16-6-5-11-22-16/h5-6,11,15H,3-4,7-10,12-14H2,1-2H3,(H,18,19). The highest BCUT2D eigenvalue weighted by molar-refractivity contribution is 5.79. The number of ether oxygens (including phenoxy) is 1. The zero-order valence-corrected chi connectivity index (χ0v) is 13.9. The van der Waals surface area contributed by atoms with Gasteiger partial charge in [-0.25, -0.2) is 0 Å². The van der Waals surface area contributed by atoms with Crippen molar-refractivity contribution >= 4 is 5.96 Å². The van der Waals surface area contributed by atoms with E-state index < -0.39 is 0 Å². The number of unbranched alkanes of at least 4 members (excludes halogenated alkanes) is 1. The molecule has 1 unspecified atom stereocenters. The van der Waals surface area contributed by atoms with Crippen molar-refractivity contribution in [2.75, 3.05) is 39.9 Å². The summed E-state index contributed by atoms with van der Waals surface area (Å²) in [6.07, 6.45) is 6.10. The molecule has 0 bridgehead atoms. The molecular weight excluding hydrogens is 278 g/mol. The molecule has 0 spiro atoms. The topological polar surface area (TPSA) is 50.0 Å². The average molecular weight is 307 g/mol. The average Bonchev–Trinajstić information content (AvgIpc) is 3.21. The second kappa shape index (κ2) is 9.51. The molecule has 1 atom stereocenters. The maximum Gasteiger partial charge on any atom is 0.193 e. The Bertz CT molecular complexity index is 425. The quantitative estimate of drug-likeness (QED) is 0.592. The van der Waals surface area contributed by atoms with Gasteiger partial charge < -0.3 is 19.4 Å². The molecule has 124 valence electrons. The fourth-order valence-corrected chi connectivity index (χ4v) is 2.51. The van der Waals surface area contributed by atoms with Gasteiger partial charge >= 0.3 is 0 Å². The summed E-state index contributed by atoms with van der Waals surface area (Å²) in [4.78, 5) is 7.02. The number of aliphatic imine (C=N–C) groups is 1. The minimum absolute atomic E-state index is 0.571. The SMILES string of the molecule is CCCCN(C)C(=NCC1CCOC1)NCCc1ccco1. The van der Waals surface area contributed by atoms with E-state index in [1.807, 2.05) is 12.1 Å². The van der Waals surface area contributed by atoms with Gasteiger partial charge in [-0.15, -0.1) is 0 Å². The van der Waals surface area contributed by atoms with Crippen LogP contribution < -0.4 is 5.32 Å². The molecule has 22 heavy (non-hydrogen) atoms. The molecule has 1 aromatic rings. The van der Waals surface area contributed by atoms with Gasteiger partial charge in [-0.2, -0.15) is 0 Å². The second-order valence-electron chi connectivity index (χ2n) is 5.93. The van der Waals surface area contributed by atoms with Crippen molar-refractivity contribution in [3.63, 3.8) is 0 Å². The van der Waals surface area contributed by atoms with Crippen LogP contribution in [0.4, 0.5) is 0 Å². The summed E-state index contributed by atoms with van der Waals surface area (Å²) < 4.78 is 10.8. The maximum atomic E-state index is 5.43. The van der Waals surface area contributed by atoms with E-state index in [0.717, 1.165) is 57.4 Å². The highest BCUT2D eigenvalue weighted by Crippen LogP contribution is 2.12. The predicted octanol–water partition coefficient (Wildman–Crippen LogP) is 2.54. The molecule has 1 N–H and O–H groups in total. The van der Waals surface area contributed by atoms with E-state index in [9.17, 15) is 0 Å². The first-order valence-electron chi connectivity index (χ1n) is 8.39. The smallest absolute Gasteiger partial charge is 0.193 e. The van der Waals surface area contributed by atoms with E-state index in [1.54, 1.807) is 6.26 Å². The first-order chi connectivity index (χ1) is 10.8. The molecule has 5 heteroatoms. The van der Waals surface area contributed by atoms with Crippen LogP contribution in [0.15, 0.2) is 27.8 Å². The zero-order chi connectivity index (χ0) is 15.6. The first-order valence-corrected chi connectivity index (χ1v) is 8.39. The molecule has 5 nitrogen and oxygen atoms in total. The van der Waals surface area contributed by atoms with Gasteiger partial charge in [-0.3, -0.25) is 4.99 Å². The number of rotatable bonds is 8. The van der Waals surface area contributed by atoms with E-state index in [1.165, 1.54) is 12.8 Å². The van der Waals surface area contributed by atoms with E-state index in [4.69, 9.17) is 14.1 Å². The Kier molecular flexibility index (Phi) is 7.30. The summed E-state index contributed by atoms with van der Waals surface area (Å²) in [6, 6.07) is 3.94. The van der Waals surface area contributed by atoms with Crippen LogP contribution in [0.1, 0.15) is 31.9 Å². The lowest BCUT2D eigenvalue weighted by atomic mass is 10.1. The van der Waals surface area contributed by atoms with Crippen LogP contribution in [-0.4, -0.2) is 50.8 Å². The first kappa shape index (κ1) is 16.9. The van der Waals surface area contributed by atoms with Crippen molar-refractivity contribution in [2.24, 2.45) is 10.9 Å². The molecule has 1 saturated heterocycles. The van der Waals surface area contributed by atoms with Crippen molar-refractivity contribution in [3.8, 4) is 0 Å². The van der Waals surface area contributed by atoms with Gasteiger partial charge in [0.1, 0.15) is 5.76 Å². The van der Waals surface area contributed by atoms with Crippen molar-refractivity contribution in [1.82, 2.24) is 10.2 Å². The summed E-state index contributed by atoms with van der Waals surface area (Å²) in [7, 11) is 2.11. The minimum atomic E-state index is 0.571. The van der Waals surface area contributed by atoms with E-state index in [0.29, 0.717) is 5.92 Å².